The first-order chi connectivity index (χ1) is 8.54. The molecular weight excluding hydrogens is 253 g/mol. The quantitative estimate of drug-likeness (QED) is 0.895. The van der Waals surface area contributed by atoms with Crippen molar-refractivity contribution in [2.45, 2.75) is 13.3 Å². The van der Waals surface area contributed by atoms with E-state index in [0.29, 0.717) is 15.8 Å². The smallest absolute Gasteiger partial charge is 0.230 e. The first-order valence-corrected chi connectivity index (χ1v) is 6.13. The van der Waals surface area contributed by atoms with E-state index in [-0.39, 0.29) is 18.1 Å². The van der Waals surface area contributed by atoms with E-state index in [2.05, 4.69) is 10.3 Å². The van der Waals surface area contributed by atoms with Gasteiger partial charge in [0.1, 0.15) is 10.8 Å². The van der Waals surface area contributed by atoms with Gasteiger partial charge in [0.15, 0.2) is 5.13 Å². The molecule has 1 aromatic carbocycles. The highest BCUT2D eigenvalue weighted by atomic mass is 32.1. The molecule has 1 heterocycles. The van der Waals surface area contributed by atoms with Gasteiger partial charge in [-0.05, 0) is 24.6 Å². The molecule has 2 aromatic rings. The third kappa shape index (κ3) is 3.04. The van der Waals surface area contributed by atoms with E-state index in [4.69, 9.17) is 5.73 Å². The van der Waals surface area contributed by atoms with Crippen LogP contribution in [0.1, 0.15) is 11.3 Å². The predicted molar refractivity (Wildman–Crippen MR) is 70.0 cm³/mol. The maximum atomic E-state index is 12.7. The third-order valence-corrected chi connectivity index (χ3v) is 3.26. The summed E-state index contributed by atoms with van der Waals surface area (Å²) in [5.74, 6) is -0.516. The van der Waals surface area contributed by atoms with Gasteiger partial charge in [0.2, 0.25) is 5.91 Å². The molecule has 6 heteroatoms. The first-order valence-electron chi connectivity index (χ1n) is 5.32. The lowest BCUT2D eigenvalue weighted by atomic mass is 10.1. The minimum absolute atomic E-state index is 0.179. The molecule has 0 fully saturated rings. The molecule has 0 saturated heterocycles. The van der Waals surface area contributed by atoms with Crippen LogP contribution in [0, 0.1) is 12.7 Å². The number of hydrogen-bond donors (Lipinski definition) is 2. The van der Waals surface area contributed by atoms with Crippen LogP contribution in [0.4, 0.5) is 14.5 Å². The Hall–Kier alpha value is -1.95. The largest absolute Gasteiger partial charge is 0.389 e. The number of rotatable bonds is 3. The lowest BCUT2D eigenvalue weighted by Gasteiger charge is -2.01. The molecule has 0 aliphatic carbocycles. The Morgan fingerprint density at radius 1 is 1.44 bits per heavy atom. The minimum atomic E-state index is -0.317. The Morgan fingerprint density at radius 2 is 2.11 bits per heavy atom. The van der Waals surface area contributed by atoms with Crippen LogP contribution in [-0.4, -0.2) is 10.9 Å². The lowest BCUT2D eigenvalue weighted by Crippen LogP contribution is -2.14. The lowest BCUT2D eigenvalue weighted by molar-refractivity contribution is -0.115. The number of carbonyl (C=O) groups is 1. The molecule has 0 spiro atoms. The highest BCUT2D eigenvalue weighted by molar-refractivity contribution is 7.19. The predicted octanol–water partition coefficient (Wildman–Crippen LogP) is 2.35. The van der Waals surface area contributed by atoms with Crippen LogP contribution in [0.25, 0.3) is 0 Å². The number of nitrogens with zero attached hydrogens (tertiary/aromatic N) is 1. The van der Waals surface area contributed by atoms with Crippen molar-refractivity contribution in [2.24, 2.45) is 0 Å². The Kier molecular flexibility index (Phi) is 3.57. The topological polar surface area (TPSA) is 68.0 Å². The van der Waals surface area contributed by atoms with Crippen LogP contribution < -0.4 is 11.1 Å². The second kappa shape index (κ2) is 5.14. The van der Waals surface area contributed by atoms with Crippen molar-refractivity contribution >= 4 is 27.4 Å². The molecule has 0 atom stereocenters. The highest BCUT2D eigenvalue weighted by Crippen LogP contribution is 2.24. The number of halogens is 1. The fourth-order valence-electron chi connectivity index (χ4n) is 1.41. The molecule has 0 aliphatic rings. The Morgan fingerprint density at radius 3 is 2.67 bits per heavy atom. The van der Waals surface area contributed by atoms with Crippen molar-refractivity contribution in [1.82, 2.24) is 4.98 Å². The summed E-state index contributed by atoms with van der Waals surface area (Å²) in [6.07, 6.45) is 0.179. The molecule has 0 aliphatic heterocycles. The van der Waals surface area contributed by atoms with Gasteiger partial charge in [-0.25, -0.2) is 9.37 Å². The van der Waals surface area contributed by atoms with Crippen molar-refractivity contribution in [2.75, 3.05) is 11.1 Å². The number of nitrogen functional groups attached to an aromatic ring is 1. The van der Waals surface area contributed by atoms with Gasteiger partial charge in [-0.15, -0.1) is 0 Å². The molecule has 1 aromatic heterocycles. The Labute approximate surface area is 108 Å². The maximum Gasteiger partial charge on any atom is 0.230 e. The number of amides is 1. The van der Waals surface area contributed by atoms with E-state index in [1.165, 1.54) is 23.5 Å². The molecule has 0 bridgehead atoms. The van der Waals surface area contributed by atoms with Crippen LogP contribution in [-0.2, 0) is 11.2 Å². The van der Waals surface area contributed by atoms with E-state index in [0.717, 1.165) is 5.56 Å². The number of thiazole rings is 1. The van der Waals surface area contributed by atoms with Gasteiger partial charge in [-0.3, -0.25) is 4.79 Å². The first kappa shape index (κ1) is 12.5. The summed E-state index contributed by atoms with van der Waals surface area (Å²) in [4.78, 5) is 15.8. The number of benzene rings is 1. The van der Waals surface area contributed by atoms with Crippen LogP contribution >= 0.6 is 11.3 Å². The van der Waals surface area contributed by atoms with Crippen molar-refractivity contribution < 1.29 is 9.18 Å². The molecule has 0 unspecified atom stereocenters. The van der Waals surface area contributed by atoms with Gasteiger partial charge >= 0.3 is 0 Å². The van der Waals surface area contributed by atoms with Gasteiger partial charge < -0.3 is 11.1 Å². The molecule has 1 amide bonds. The Bertz CT molecular complexity index is 546. The molecule has 0 saturated carbocycles. The van der Waals surface area contributed by atoms with Crippen LogP contribution in [0.2, 0.25) is 0 Å². The van der Waals surface area contributed by atoms with Crippen LogP contribution in [0.3, 0.4) is 0 Å². The summed E-state index contributed by atoms with van der Waals surface area (Å²) < 4.78 is 12.7. The molecule has 4 nitrogen and oxygen atoms in total. The Balaban J connectivity index is 1.98. The van der Waals surface area contributed by atoms with Crippen molar-refractivity contribution in [3.8, 4) is 0 Å². The monoisotopic (exact) mass is 265 g/mol. The summed E-state index contributed by atoms with van der Waals surface area (Å²) in [6, 6.07) is 5.81. The fraction of sp³-hybridized carbons (Fsp3) is 0.167. The molecular formula is C12H12FN3OS. The van der Waals surface area contributed by atoms with Crippen LogP contribution in [0.15, 0.2) is 24.3 Å². The normalized spacial score (nSPS) is 10.3. The SMILES string of the molecule is Cc1nc(NC(=O)Cc2ccc(F)cc2)sc1N. The summed E-state index contributed by atoms with van der Waals surface area (Å²) in [5, 5.41) is 3.73. The number of hydrogen-bond acceptors (Lipinski definition) is 4. The van der Waals surface area contributed by atoms with Gasteiger partial charge in [0.25, 0.3) is 0 Å². The average Bonchev–Trinajstić information content (AvgIpc) is 2.61. The van der Waals surface area contributed by atoms with Gasteiger partial charge in [-0.2, -0.15) is 0 Å². The van der Waals surface area contributed by atoms with Gasteiger partial charge in [0, 0.05) is 0 Å². The number of anilines is 2. The molecule has 3 N–H and O–H groups in total. The number of carbonyl (C=O) groups excluding carboxylic acids is 1. The summed E-state index contributed by atoms with van der Waals surface area (Å²) >= 11 is 1.23. The minimum Gasteiger partial charge on any atom is -0.389 e. The number of aromatic nitrogens is 1. The zero-order valence-corrected chi connectivity index (χ0v) is 10.6. The van der Waals surface area contributed by atoms with Crippen molar-refractivity contribution in [3.05, 3.63) is 41.3 Å². The molecule has 94 valence electrons. The molecule has 2 rings (SSSR count). The second-order valence-corrected chi connectivity index (χ2v) is 4.85. The molecule has 0 radical (unpaired) electrons. The zero-order valence-electron chi connectivity index (χ0n) is 9.74. The van der Waals surface area contributed by atoms with Crippen LogP contribution in [0.5, 0.6) is 0 Å². The van der Waals surface area contributed by atoms with E-state index in [9.17, 15) is 9.18 Å². The molecule has 18 heavy (non-hydrogen) atoms. The van der Waals surface area contributed by atoms with Gasteiger partial charge in [-0.1, -0.05) is 23.5 Å². The standard InChI is InChI=1S/C12H12FN3OS/c1-7-11(14)18-12(15-7)16-10(17)6-8-2-4-9(13)5-3-8/h2-5H,6,14H2,1H3,(H,15,16,17). The highest BCUT2D eigenvalue weighted by Gasteiger charge is 2.09. The fourth-order valence-corrected chi connectivity index (χ4v) is 2.16. The van der Waals surface area contributed by atoms with E-state index < -0.39 is 0 Å². The average molecular weight is 265 g/mol. The van der Waals surface area contributed by atoms with Crippen molar-refractivity contribution in [1.29, 1.82) is 0 Å². The zero-order chi connectivity index (χ0) is 13.1. The maximum absolute atomic E-state index is 12.7. The summed E-state index contributed by atoms with van der Waals surface area (Å²) in [7, 11) is 0. The van der Waals surface area contributed by atoms with E-state index in [1.807, 2.05) is 0 Å². The summed E-state index contributed by atoms with van der Waals surface area (Å²) in [5.41, 5.74) is 7.10. The number of nitrogens with one attached hydrogen (secondary N) is 1. The third-order valence-electron chi connectivity index (χ3n) is 2.36. The summed E-state index contributed by atoms with van der Waals surface area (Å²) in [6.45, 7) is 1.78. The number of nitrogens with two attached hydrogens (primary N) is 1. The van der Waals surface area contributed by atoms with Gasteiger partial charge in [0.05, 0.1) is 12.1 Å². The van der Waals surface area contributed by atoms with E-state index >= 15 is 0 Å². The van der Waals surface area contributed by atoms with Crippen molar-refractivity contribution in [3.63, 3.8) is 0 Å². The van der Waals surface area contributed by atoms with E-state index in [1.54, 1.807) is 19.1 Å². The second-order valence-electron chi connectivity index (χ2n) is 3.82. The number of aryl methyl sites for hydroxylation is 1.